The lowest BCUT2D eigenvalue weighted by atomic mass is 10.2. The first-order chi connectivity index (χ1) is 15.1. The number of amides is 1. The molecule has 1 aromatic heterocycles. The molecular formula is C21H18Cl2N2O6S. The molecule has 0 aliphatic carbocycles. The molecule has 0 aliphatic rings. The Labute approximate surface area is 194 Å². The molecule has 0 radical (unpaired) electrons. The summed E-state index contributed by atoms with van der Waals surface area (Å²) in [6.07, 6.45) is 0. The summed E-state index contributed by atoms with van der Waals surface area (Å²) in [5.74, 6) is -0.163. The SMILES string of the molecule is COC(=O)c1cc(CNC(=O)c2ccc(NS(=O)(=O)c3cc(Cl)ccc3Cl)cc2)oc1C. The number of ether oxygens (including phenoxy) is 1. The van der Waals surface area contributed by atoms with E-state index in [1.54, 1.807) is 6.92 Å². The van der Waals surface area contributed by atoms with Gasteiger partial charge in [-0.1, -0.05) is 23.2 Å². The van der Waals surface area contributed by atoms with E-state index >= 15 is 0 Å². The summed E-state index contributed by atoms with van der Waals surface area (Å²) in [5, 5.41) is 2.92. The van der Waals surface area contributed by atoms with Crippen molar-refractivity contribution in [1.82, 2.24) is 5.32 Å². The number of aryl methyl sites for hydroxylation is 1. The van der Waals surface area contributed by atoms with Gasteiger partial charge < -0.3 is 14.5 Å². The Balaban J connectivity index is 1.66. The van der Waals surface area contributed by atoms with Gasteiger partial charge in [-0.05, 0) is 55.5 Å². The first kappa shape index (κ1) is 23.6. The number of hydrogen-bond donors (Lipinski definition) is 2. The number of sulfonamides is 1. The number of halogens is 2. The minimum absolute atomic E-state index is 0.0291. The lowest BCUT2D eigenvalue weighted by Crippen LogP contribution is -2.22. The topological polar surface area (TPSA) is 115 Å². The molecule has 0 atom stereocenters. The third-order valence-corrected chi connectivity index (χ3v) is 6.48. The van der Waals surface area contributed by atoms with E-state index in [4.69, 9.17) is 27.6 Å². The fourth-order valence-electron chi connectivity index (χ4n) is 2.80. The Morgan fingerprint density at radius 3 is 2.41 bits per heavy atom. The van der Waals surface area contributed by atoms with Gasteiger partial charge in [-0.25, -0.2) is 13.2 Å². The van der Waals surface area contributed by atoms with Crippen LogP contribution in [-0.4, -0.2) is 27.4 Å². The maximum atomic E-state index is 12.6. The number of hydrogen-bond acceptors (Lipinski definition) is 6. The first-order valence-corrected chi connectivity index (χ1v) is 11.4. The lowest BCUT2D eigenvalue weighted by molar-refractivity contribution is 0.0598. The van der Waals surface area contributed by atoms with Gasteiger partial charge in [-0.2, -0.15) is 0 Å². The van der Waals surface area contributed by atoms with Crippen LogP contribution >= 0.6 is 23.2 Å². The molecule has 2 aromatic carbocycles. The van der Waals surface area contributed by atoms with Gasteiger partial charge >= 0.3 is 5.97 Å². The van der Waals surface area contributed by atoms with Crippen LogP contribution in [0.2, 0.25) is 10.0 Å². The molecule has 0 spiro atoms. The average Bonchev–Trinajstić information content (AvgIpc) is 3.13. The molecule has 0 bridgehead atoms. The van der Waals surface area contributed by atoms with Gasteiger partial charge in [0, 0.05) is 16.3 Å². The number of benzene rings is 2. The maximum absolute atomic E-state index is 12.6. The molecule has 0 saturated heterocycles. The van der Waals surface area contributed by atoms with Crippen molar-refractivity contribution in [2.75, 3.05) is 11.8 Å². The second-order valence-corrected chi connectivity index (χ2v) is 9.11. The van der Waals surface area contributed by atoms with Crippen molar-refractivity contribution in [2.45, 2.75) is 18.4 Å². The van der Waals surface area contributed by atoms with Gasteiger partial charge in [-0.3, -0.25) is 9.52 Å². The Bertz CT molecular complexity index is 1270. The van der Waals surface area contributed by atoms with Crippen LogP contribution < -0.4 is 10.0 Å². The van der Waals surface area contributed by atoms with E-state index in [1.807, 2.05) is 0 Å². The van der Waals surface area contributed by atoms with E-state index in [2.05, 4.69) is 14.8 Å². The number of nitrogens with one attached hydrogen (secondary N) is 2. The maximum Gasteiger partial charge on any atom is 0.341 e. The van der Waals surface area contributed by atoms with Crippen LogP contribution in [0.1, 0.15) is 32.2 Å². The Morgan fingerprint density at radius 2 is 1.75 bits per heavy atom. The third kappa shape index (κ3) is 5.42. The molecule has 8 nitrogen and oxygen atoms in total. The number of carbonyl (C=O) groups is 2. The summed E-state index contributed by atoms with van der Waals surface area (Å²) in [6, 6.07) is 11.4. The molecule has 0 aliphatic heterocycles. The number of rotatable bonds is 7. The fourth-order valence-corrected chi connectivity index (χ4v) is 4.62. The third-order valence-electron chi connectivity index (χ3n) is 4.38. The summed E-state index contributed by atoms with van der Waals surface area (Å²) in [6.45, 7) is 1.67. The minimum Gasteiger partial charge on any atom is -0.465 e. The summed E-state index contributed by atoms with van der Waals surface area (Å²) < 4.78 is 37.6. The molecule has 3 aromatic rings. The Morgan fingerprint density at radius 1 is 1.06 bits per heavy atom. The van der Waals surface area contributed by atoms with E-state index in [0.29, 0.717) is 17.1 Å². The first-order valence-electron chi connectivity index (χ1n) is 9.14. The molecule has 0 unspecified atom stereocenters. The Kier molecular flexibility index (Phi) is 7.12. The highest BCUT2D eigenvalue weighted by molar-refractivity contribution is 7.92. The van der Waals surface area contributed by atoms with Gasteiger partial charge in [-0.15, -0.1) is 0 Å². The zero-order valence-corrected chi connectivity index (χ0v) is 19.3. The number of esters is 1. The molecule has 0 fully saturated rings. The van der Waals surface area contributed by atoms with Crippen LogP contribution in [0.3, 0.4) is 0 Å². The van der Waals surface area contributed by atoms with Crippen molar-refractivity contribution >= 4 is 50.8 Å². The Hall–Kier alpha value is -3.01. The monoisotopic (exact) mass is 496 g/mol. The second kappa shape index (κ2) is 9.64. The average molecular weight is 497 g/mol. The molecule has 1 heterocycles. The zero-order chi connectivity index (χ0) is 23.5. The molecule has 1 amide bonds. The highest BCUT2D eigenvalue weighted by Crippen LogP contribution is 2.27. The van der Waals surface area contributed by atoms with Crippen LogP contribution in [0.25, 0.3) is 0 Å². The normalized spacial score (nSPS) is 11.1. The lowest BCUT2D eigenvalue weighted by Gasteiger charge is -2.10. The molecule has 168 valence electrons. The highest BCUT2D eigenvalue weighted by Gasteiger charge is 2.19. The summed E-state index contributed by atoms with van der Waals surface area (Å²) in [4.78, 5) is 23.9. The van der Waals surface area contributed by atoms with Crippen molar-refractivity contribution in [1.29, 1.82) is 0 Å². The van der Waals surface area contributed by atoms with Crippen molar-refractivity contribution in [3.63, 3.8) is 0 Å². The van der Waals surface area contributed by atoms with Crippen LogP contribution in [0, 0.1) is 6.92 Å². The predicted molar refractivity (Wildman–Crippen MR) is 120 cm³/mol. The van der Waals surface area contributed by atoms with Crippen molar-refractivity contribution in [3.8, 4) is 0 Å². The van der Waals surface area contributed by atoms with Gasteiger partial charge in [0.2, 0.25) is 0 Å². The summed E-state index contributed by atoms with van der Waals surface area (Å²) in [7, 11) is -2.71. The summed E-state index contributed by atoms with van der Waals surface area (Å²) >= 11 is 11.8. The van der Waals surface area contributed by atoms with Crippen LogP contribution in [0.5, 0.6) is 0 Å². The van der Waals surface area contributed by atoms with E-state index < -0.39 is 21.9 Å². The minimum atomic E-state index is -3.97. The second-order valence-electron chi connectivity index (χ2n) is 6.61. The standard InChI is InChI=1S/C21H18Cl2N2O6S/c1-12-17(21(27)30-2)10-16(31-12)11-24-20(26)13-3-6-15(7-4-13)25-32(28,29)19-9-14(22)5-8-18(19)23/h3-10,25H,11H2,1-2H3,(H,24,26). The largest absolute Gasteiger partial charge is 0.465 e. The van der Waals surface area contributed by atoms with Gasteiger partial charge in [0.05, 0.1) is 18.7 Å². The fraction of sp³-hybridized carbons (Fsp3) is 0.143. The van der Waals surface area contributed by atoms with Crippen LogP contribution in [-0.2, 0) is 21.3 Å². The van der Waals surface area contributed by atoms with Crippen molar-refractivity contribution in [3.05, 3.63) is 81.2 Å². The molecule has 11 heteroatoms. The van der Waals surface area contributed by atoms with Gasteiger partial charge in [0.1, 0.15) is 22.0 Å². The van der Waals surface area contributed by atoms with Crippen molar-refractivity contribution in [2.24, 2.45) is 0 Å². The number of methoxy groups -OCH3 is 1. The van der Waals surface area contributed by atoms with Crippen molar-refractivity contribution < 1.29 is 27.2 Å². The van der Waals surface area contributed by atoms with E-state index in [9.17, 15) is 18.0 Å². The smallest absolute Gasteiger partial charge is 0.341 e. The van der Waals surface area contributed by atoms with E-state index in [-0.39, 0.29) is 32.7 Å². The predicted octanol–water partition coefficient (Wildman–Crippen LogP) is 4.41. The number of carbonyl (C=O) groups excluding carboxylic acids is 2. The quantitative estimate of drug-likeness (QED) is 0.468. The zero-order valence-electron chi connectivity index (χ0n) is 16.9. The summed E-state index contributed by atoms with van der Waals surface area (Å²) in [5.41, 5.74) is 0.820. The molecule has 0 saturated carbocycles. The molecule has 3 rings (SSSR count). The van der Waals surface area contributed by atoms with Crippen LogP contribution in [0.15, 0.2) is 57.8 Å². The molecule has 2 N–H and O–H groups in total. The van der Waals surface area contributed by atoms with Gasteiger partial charge in [0.15, 0.2) is 0 Å². The highest BCUT2D eigenvalue weighted by atomic mass is 35.5. The molecule has 32 heavy (non-hydrogen) atoms. The van der Waals surface area contributed by atoms with Gasteiger partial charge in [0.25, 0.3) is 15.9 Å². The van der Waals surface area contributed by atoms with E-state index in [1.165, 1.54) is 55.6 Å². The molecular weight excluding hydrogens is 479 g/mol. The number of furan rings is 1. The van der Waals surface area contributed by atoms with E-state index in [0.717, 1.165) is 0 Å². The van der Waals surface area contributed by atoms with Crippen LogP contribution in [0.4, 0.5) is 5.69 Å². The number of anilines is 1.